The second kappa shape index (κ2) is 3.26. The smallest absolute Gasteiger partial charge is 0.0487 e. The maximum Gasteiger partial charge on any atom is 0.0487 e. The Hall–Kier alpha value is 0.0300. The minimum absolute atomic E-state index is 0.214. The fourth-order valence-corrected chi connectivity index (χ4v) is 1.03. The van der Waals surface area contributed by atoms with Crippen LogP contribution in [0.4, 0.5) is 0 Å². The van der Waals surface area contributed by atoms with Gasteiger partial charge in [-0.25, -0.2) is 0 Å². The van der Waals surface area contributed by atoms with Crippen LogP contribution in [0.2, 0.25) is 0 Å². The van der Waals surface area contributed by atoms with E-state index in [1.165, 1.54) is 19.3 Å². The van der Waals surface area contributed by atoms with Crippen molar-refractivity contribution in [1.82, 2.24) is 0 Å². The Balaban J connectivity index is 2.14. The molecule has 1 aliphatic rings. The molecule has 0 amide bonds. The van der Waals surface area contributed by atoms with Gasteiger partial charge in [0, 0.05) is 5.38 Å². The van der Waals surface area contributed by atoms with Gasteiger partial charge in [0.25, 0.3) is 0 Å². The van der Waals surface area contributed by atoms with Gasteiger partial charge in [-0.15, -0.1) is 11.6 Å². The molecule has 0 N–H and O–H groups in total. The van der Waals surface area contributed by atoms with E-state index in [2.05, 4.69) is 12.2 Å². The first kappa shape index (κ1) is 7.14. The molecule has 1 aliphatic carbocycles. The molecule has 0 bridgehead atoms. The monoisotopic (exact) mass is 144 g/mol. The lowest BCUT2D eigenvalue weighted by Gasteiger charge is -2.21. The summed E-state index contributed by atoms with van der Waals surface area (Å²) < 4.78 is 0. The third-order valence-electron chi connectivity index (χ3n) is 1.80. The molecule has 0 aliphatic heterocycles. The van der Waals surface area contributed by atoms with E-state index >= 15 is 0 Å². The zero-order valence-corrected chi connectivity index (χ0v) is 6.56. The first-order valence-corrected chi connectivity index (χ1v) is 4.05. The Labute approximate surface area is 61.9 Å². The summed E-state index contributed by atoms with van der Waals surface area (Å²) in [6, 6.07) is 0. The number of allylic oxidation sites excluding steroid dienone is 2. The second-order valence-corrected chi connectivity index (χ2v) is 3.44. The van der Waals surface area contributed by atoms with Crippen molar-refractivity contribution in [3.63, 3.8) is 0 Å². The molecule has 0 heterocycles. The number of hydrogen-bond donors (Lipinski definition) is 0. The van der Waals surface area contributed by atoms with Crippen molar-refractivity contribution >= 4 is 11.6 Å². The quantitative estimate of drug-likeness (QED) is 0.413. The largest absolute Gasteiger partial charge is 0.119 e. The minimum atomic E-state index is 0.214. The molecule has 0 nitrogen and oxygen atoms in total. The Morgan fingerprint density at radius 3 is 2.56 bits per heavy atom. The topological polar surface area (TPSA) is 0 Å². The normalized spacial score (nSPS) is 24.2. The highest BCUT2D eigenvalue weighted by atomic mass is 35.5. The molecule has 52 valence electrons. The van der Waals surface area contributed by atoms with E-state index in [1.807, 2.05) is 6.92 Å². The molecule has 9 heavy (non-hydrogen) atoms. The predicted molar refractivity (Wildman–Crippen MR) is 41.8 cm³/mol. The summed E-state index contributed by atoms with van der Waals surface area (Å²) in [6.07, 6.45) is 8.50. The van der Waals surface area contributed by atoms with Crippen molar-refractivity contribution in [2.24, 2.45) is 5.92 Å². The van der Waals surface area contributed by atoms with Gasteiger partial charge in [-0.1, -0.05) is 18.6 Å². The molecule has 1 atom stereocenters. The van der Waals surface area contributed by atoms with Gasteiger partial charge in [0.2, 0.25) is 0 Å². The van der Waals surface area contributed by atoms with E-state index in [0.29, 0.717) is 0 Å². The number of halogens is 1. The Morgan fingerprint density at radius 1 is 1.56 bits per heavy atom. The van der Waals surface area contributed by atoms with Gasteiger partial charge in [0.1, 0.15) is 0 Å². The molecule has 1 unspecified atom stereocenters. The van der Waals surface area contributed by atoms with Gasteiger partial charge in [-0.05, 0) is 25.7 Å². The number of alkyl halides is 1. The van der Waals surface area contributed by atoms with E-state index in [-0.39, 0.29) is 5.38 Å². The van der Waals surface area contributed by atoms with E-state index < -0.39 is 0 Å². The van der Waals surface area contributed by atoms with Gasteiger partial charge in [0.15, 0.2) is 0 Å². The molecule has 1 saturated carbocycles. The Bertz CT molecular complexity index is 101. The maximum absolute atomic E-state index is 5.72. The van der Waals surface area contributed by atoms with Crippen LogP contribution in [0, 0.1) is 5.92 Å². The average molecular weight is 145 g/mol. The summed E-state index contributed by atoms with van der Waals surface area (Å²) in [7, 11) is 0. The molecule has 1 heteroatoms. The van der Waals surface area contributed by atoms with Crippen LogP contribution in [0.5, 0.6) is 0 Å². The van der Waals surface area contributed by atoms with Gasteiger partial charge < -0.3 is 0 Å². The number of rotatable bonds is 2. The van der Waals surface area contributed by atoms with Crippen molar-refractivity contribution in [2.75, 3.05) is 0 Å². The molecular formula is C8H13Cl. The highest BCUT2D eigenvalue weighted by molar-refractivity contribution is 6.21. The maximum atomic E-state index is 5.72. The van der Waals surface area contributed by atoms with Crippen LogP contribution in [0.15, 0.2) is 12.2 Å². The highest BCUT2D eigenvalue weighted by Gasteiger charge is 2.13. The van der Waals surface area contributed by atoms with Gasteiger partial charge >= 0.3 is 0 Å². The first-order chi connectivity index (χ1) is 4.29. The molecule has 0 spiro atoms. The van der Waals surface area contributed by atoms with Crippen molar-refractivity contribution in [3.8, 4) is 0 Å². The fraction of sp³-hybridized carbons (Fsp3) is 0.750. The van der Waals surface area contributed by atoms with Crippen LogP contribution < -0.4 is 0 Å². The third kappa shape index (κ3) is 2.40. The molecular weight excluding hydrogens is 132 g/mol. The fourth-order valence-electron chi connectivity index (χ4n) is 0.943. The molecule has 1 rings (SSSR count). The lowest BCUT2D eigenvalue weighted by Crippen LogP contribution is -2.07. The van der Waals surface area contributed by atoms with Gasteiger partial charge in [-0.3, -0.25) is 0 Å². The molecule has 0 aromatic carbocycles. The second-order valence-electron chi connectivity index (χ2n) is 2.75. The van der Waals surface area contributed by atoms with Crippen molar-refractivity contribution in [1.29, 1.82) is 0 Å². The summed E-state index contributed by atoms with van der Waals surface area (Å²) in [4.78, 5) is 0. The molecule has 0 saturated heterocycles. The van der Waals surface area contributed by atoms with E-state index in [1.54, 1.807) is 0 Å². The zero-order chi connectivity index (χ0) is 6.69. The molecule has 0 radical (unpaired) electrons. The summed E-state index contributed by atoms with van der Waals surface area (Å²) in [6.45, 7) is 2.00. The summed E-state index contributed by atoms with van der Waals surface area (Å²) >= 11 is 5.72. The average Bonchev–Trinajstić information content (AvgIpc) is 1.60. The van der Waals surface area contributed by atoms with Crippen molar-refractivity contribution < 1.29 is 0 Å². The standard InChI is InChI=1S/C8H13Cl/c1-7(9)5-6-8-3-2-4-8/h5-8H,2-4H2,1H3/b6-5+. The van der Waals surface area contributed by atoms with Crippen LogP contribution >= 0.6 is 11.6 Å². The number of hydrogen-bond acceptors (Lipinski definition) is 0. The Kier molecular flexibility index (Phi) is 2.59. The molecule has 0 aromatic rings. The van der Waals surface area contributed by atoms with Crippen LogP contribution in [0.25, 0.3) is 0 Å². The van der Waals surface area contributed by atoms with Crippen molar-refractivity contribution in [3.05, 3.63) is 12.2 Å². The van der Waals surface area contributed by atoms with E-state index in [9.17, 15) is 0 Å². The molecule has 1 fully saturated rings. The van der Waals surface area contributed by atoms with Crippen LogP contribution in [0.3, 0.4) is 0 Å². The molecule has 0 aromatic heterocycles. The lowest BCUT2D eigenvalue weighted by molar-refractivity contribution is 0.387. The third-order valence-corrected chi connectivity index (χ3v) is 1.94. The minimum Gasteiger partial charge on any atom is -0.119 e. The zero-order valence-electron chi connectivity index (χ0n) is 5.81. The van der Waals surface area contributed by atoms with Crippen LogP contribution in [-0.4, -0.2) is 5.38 Å². The van der Waals surface area contributed by atoms with E-state index in [4.69, 9.17) is 11.6 Å². The highest BCUT2D eigenvalue weighted by Crippen LogP contribution is 2.27. The summed E-state index contributed by atoms with van der Waals surface area (Å²) in [5, 5.41) is 0.214. The van der Waals surface area contributed by atoms with Gasteiger partial charge in [0.05, 0.1) is 0 Å². The lowest BCUT2D eigenvalue weighted by atomic mass is 9.85. The summed E-state index contributed by atoms with van der Waals surface area (Å²) in [5.41, 5.74) is 0. The van der Waals surface area contributed by atoms with E-state index in [0.717, 1.165) is 5.92 Å². The summed E-state index contributed by atoms with van der Waals surface area (Å²) in [5.74, 6) is 0.853. The Morgan fingerprint density at radius 2 is 2.22 bits per heavy atom. The first-order valence-electron chi connectivity index (χ1n) is 3.61. The van der Waals surface area contributed by atoms with Crippen LogP contribution in [-0.2, 0) is 0 Å². The van der Waals surface area contributed by atoms with Crippen molar-refractivity contribution in [2.45, 2.75) is 31.6 Å². The van der Waals surface area contributed by atoms with Crippen LogP contribution in [0.1, 0.15) is 26.2 Å². The predicted octanol–water partition coefficient (Wildman–Crippen LogP) is 2.97. The SMILES string of the molecule is CC(Cl)/C=C/C1CCC1. The van der Waals surface area contributed by atoms with Gasteiger partial charge in [-0.2, -0.15) is 0 Å².